The normalized spacial score (nSPS) is 31.3. The zero-order valence-corrected chi connectivity index (χ0v) is 11.9. The molecule has 2 aliphatic rings. The number of ether oxygens (including phenoxy) is 3. The van der Waals surface area contributed by atoms with Crippen molar-refractivity contribution in [2.24, 2.45) is 0 Å². The van der Waals surface area contributed by atoms with E-state index in [0.29, 0.717) is 6.54 Å². The van der Waals surface area contributed by atoms with Gasteiger partial charge in [0.1, 0.15) is 6.10 Å². The first kappa shape index (κ1) is 14.0. The van der Waals surface area contributed by atoms with E-state index >= 15 is 0 Å². The van der Waals surface area contributed by atoms with E-state index in [0.717, 1.165) is 5.56 Å². The Hall–Kier alpha value is -1.92. The number of morpholine rings is 1. The number of fused-ring (bicyclic) bond motifs is 2. The SMILES string of the molecule is COC(=O)[C@H]1O[C@H]2O[C@H]1[C@H](C)N(Cc1ccccc1)C2=O. The minimum Gasteiger partial charge on any atom is -0.467 e. The van der Waals surface area contributed by atoms with E-state index in [4.69, 9.17) is 14.2 Å². The summed E-state index contributed by atoms with van der Waals surface area (Å²) in [7, 11) is 1.29. The van der Waals surface area contributed by atoms with Gasteiger partial charge in [-0.05, 0) is 12.5 Å². The lowest BCUT2D eigenvalue weighted by Gasteiger charge is -2.36. The topological polar surface area (TPSA) is 65.1 Å². The summed E-state index contributed by atoms with van der Waals surface area (Å²) in [6, 6.07) is 9.42. The third-order valence-corrected chi connectivity index (χ3v) is 3.93. The average molecular weight is 291 g/mol. The summed E-state index contributed by atoms with van der Waals surface area (Å²) in [5.74, 6) is -0.766. The van der Waals surface area contributed by atoms with E-state index in [1.54, 1.807) is 4.90 Å². The second-order valence-electron chi connectivity index (χ2n) is 5.20. The summed E-state index contributed by atoms with van der Waals surface area (Å²) in [6.07, 6.45) is -2.36. The molecule has 2 saturated heterocycles. The van der Waals surface area contributed by atoms with E-state index in [1.165, 1.54) is 7.11 Å². The zero-order chi connectivity index (χ0) is 15.0. The molecule has 0 N–H and O–H groups in total. The van der Waals surface area contributed by atoms with E-state index in [1.807, 2.05) is 37.3 Å². The van der Waals surface area contributed by atoms with Gasteiger partial charge in [0.15, 0.2) is 6.10 Å². The van der Waals surface area contributed by atoms with Gasteiger partial charge < -0.3 is 19.1 Å². The molecule has 2 aliphatic heterocycles. The molecule has 4 atom stereocenters. The molecule has 2 bridgehead atoms. The quantitative estimate of drug-likeness (QED) is 0.767. The molecular weight excluding hydrogens is 274 g/mol. The number of amides is 1. The third-order valence-electron chi connectivity index (χ3n) is 3.93. The molecule has 0 spiro atoms. The first-order chi connectivity index (χ1) is 10.1. The molecule has 0 radical (unpaired) electrons. The number of hydrogen-bond donors (Lipinski definition) is 0. The highest BCUT2D eigenvalue weighted by molar-refractivity contribution is 5.84. The van der Waals surface area contributed by atoms with E-state index < -0.39 is 24.5 Å². The Bertz CT molecular complexity index is 546. The Balaban J connectivity index is 1.81. The smallest absolute Gasteiger partial charge is 0.337 e. The number of esters is 1. The third kappa shape index (κ3) is 2.41. The maximum atomic E-state index is 12.4. The molecule has 21 heavy (non-hydrogen) atoms. The minimum absolute atomic E-state index is 0.256. The van der Waals surface area contributed by atoms with Crippen LogP contribution < -0.4 is 0 Å². The Labute approximate surface area is 122 Å². The predicted molar refractivity (Wildman–Crippen MR) is 72.0 cm³/mol. The van der Waals surface area contributed by atoms with Gasteiger partial charge in [-0.15, -0.1) is 0 Å². The van der Waals surface area contributed by atoms with Crippen molar-refractivity contribution in [3.8, 4) is 0 Å². The summed E-state index contributed by atoms with van der Waals surface area (Å²) in [4.78, 5) is 25.8. The molecule has 2 fully saturated rings. The second-order valence-corrected chi connectivity index (χ2v) is 5.20. The van der Waals surface area contributed by atoms with Crippen LogP contribution in [0.5, 0.6) is 0 Å². The van der Waals surface area contributed by atoms with Gasteiger partial charge in [0.2, 0.25) is 6.29 Å². The molecule has 0 saturated carbocycles. The van der Waals surface area contributed by atoms with Crippen molar-refractivity contribution in [1.82, 2.24) is 4.90 Å². The zero-order valence-electron chi connectivity index (χ0n) is 11.9. The Morgan fingerprint density at radius 2 is 2.00 bits per heavy atom. The standard InChI is InChI=1S/C15H17NO5/c1-9-11-12(14(18)19-2)21-15(20-11)13(17)16(9)8-10-6-4-3-5-7-10/h3-7,9,11-12,15H,8H2,1-2H3/t9-,11-,12-,15+/m0/s1. The molecule has 2 heterocycles. The lowest BCUT2D eigenvalue weighted by Crippen LogP contribution is -2.54. The fraction of sp³-hybridized carbons (Fsp3) is 0.467. The van der Waals surface area contributed by atoms with E-state index in [2.05, 4.69) is 0 Å². The molecule has 0 aromatic heterocycles. The van der Waals surface area contributed by atoms with Crippen LogP contribution in [0.1, 0.15) is 12.5 Å². The molecule has 1 amide bonds. The number of benzene rings is 1. The molecule has 1 aromatic carbocycles. The summed E-state index contributed by atoms with van der Waals surface area (Å²) in [6.45, 7) is 2.32. The highest BCUT2D eigenvalue weighted by atomic mass is 16.8. The molecule has 1 aromatic rings. The van der Waals surface area contributed by atoms with Crippen LogP contribution in [0.3, 0.4) is 0 Å². The highest BCUT2D eigenvalue weighted by Gasteiger charge is 2.54. The van der Waals surface area contributed by atoms with Gasteiger partial charge in [0, 0.05) is 6.54 Å². The molecule has 0 aliphatic carbocycles. The fourth-order valence-corrected chi connectivity index (χ4v) is 2.76. The van der Waals surface area contributed by atoms with Crippen LogP contribution in [0, 0.1) is 0 Å². The van der Waals surface area contributed by atoms with Gasteiger partial charge in [0.05, 0.1) is 13.2 Å². The number of carbonyl (C=O) groups excluding carboxylic acids is 2. The van der Waals surface area contributed by atoms with Crippen molar-refractivity contribution < 1.29 is 23.8 Å². The number of methoxy groups -OCH3 is 1. The summed E-state index contributed by atoms with van der Waals surface area (Å²) in [5.41, 5.74) is 1.02. The van der Waals surface area contributed by atoms with E-state index in [-0.39, 0.29) is 11.9 Å². The molecule has 3 rings (SSSR count). The van der Waals surface area contributed by atoms with Gasteiger partial charge in [0.25, 0.3) is 5.91 Å². The largest absolute Gasteiger partial charge is 0.467 e. The lowest BCUT2D eigenvalue weighted by atomic mass is 10.0. The van der Waals surface area contributed by atoms with Crippen molar-refractivity contribution in [1.29, 1.82) is 0 Å². The molecule has 0 unspecified atom stereocenters. The molecule has 6 heteroatoms. The highest BCUT2D eigenvalue weighted by Crippen LogP contribution is 2.32. The fourth-order valence-electron chi connectivity index (χ4n) is 2.76. The van der Waals surface area contributed by atoms with Crippen molar-refractivity contribution >= 4 is 11.9 Å². The van der Waals surface area contributed by atoms with Crippen LogP contribution in [-0.4, -0.2) is 48.4 Å². The van der Waals surface area contributed by atoms with Crippen LogP contribution in [0.4, 0.5) is 0 Å². The van der Waals surface area contributed by atoms with Crippen LogP contribution >= 0.6 is 0 Å². The Morgan fingerprint density at radius 3 is 2.67 bits per heavy atom. The number of nitrogens with zero attached hydrogens (tertiary/aromatic N) is 1. The molecule has 6 nitrogen and oxygen atoms in total. The van der Waals surface area contributed by atoms with Crippen molar-refractivity contribution in [3.63, 3.8) is 0 Å². The van der Waals surface area contributed by atoms with Crippen molar-refractivity contribution in [3.05, 3.63) is 35.9 Å². The van der Waals surface area contributed by atoms with Crippen LogP contribution in [0.2, 0.25) is 0 Å². The second kappa shape index (κ2) is 5.46. The average Bonchev–Trinajstić information content (AvgIpc) is 2.92. The monoisotopic (exact) mass is 291 g/mol. The summed E-state index contributed by atoms with van der Waals surface area (Å²) in [5, 5.41) is 0. The number of rotatable bonds is 3. The summed E-state index contributed by atoms with van der Waals surface area (Å²) < 4.78 is 15.6. The molecular formula is C15H17NO5. The van der Waals surface area contributed by atoms with Crippen molar-refractivity contribution in [2.75, 3.05) is 7.11 Å². The van der Waals surface area contributed by atoms with Gasteiger partial charge in [-0.25, -0.2) is 4.79 Å². The predicted octanol–water partition coefficient (Wildman–Crippen LogP) is 0.700. The summed E-state index contributed by atoms with van der Waals surface area (Å²) >= 11 is 0. The van der Waals surface area contributed by atoms with Gasteiger partial charge >= 0.3 is 5.97 Å². The van der Waals surface area contributed by atoms with Crippen molar-refractivity contribution in [2.45, 2.75) is 38.0 Å². The number of carbonyl (C=O) groups is 2. The van der Waals surface area contributed by atoms with Gasteiger partial charge in [-0.3, -0.25) is 4.79 Å². The minimum atomic E-state index is -1.01. The Kier molecular flexibility index (Phi) is 3.65. The molecule has 112 valence electrons. The first-order valence-electron chi connectivity index (χ1n) is 6.85. The van der Waals surface area contributed by atoms with E-state index in [9.17, 15) is 9.59 Å². The van der Waals surface area contributed by atoms with Gasteiger partial charge in [-0.2, -0.15) is 0 Å². The van der Waals surface area contributed by atoms with Crippen LogP contribution in [0.15, 0.2) is 30.3 Å². The van der Waals surface area contributed by atoms with Gasteiger partial charge in [-0.1, -0.05) is 30.3 Å². The van der Waals surface area contributed by atoms with Crippen LogP contribution in [0.25, 0.3) is 0 Å². The maximum Gasteiger partial charge on any atom is 0.337 e. The first-order valence-corrected chi connectivity index (χ1v) is 6.85. The maximum absolute atomic E-state index is 12.4. The van der Waals surface area contributed by atoms with Crippen LogP contribution in [-0.2, 0) is 30.3 Å². The number of hydrogen-bond acceptors (Lipinski definition) is 5. The lowest BCUT2D eigenvalue weighted by molar-refractivity contribution is -0.178. The Morgan fingerprint density at radius 1 is 1.29 bits per heavy atom.